The standard InChI is InChI=1S/C6H14O4.ClHO/c7-1-3-9-5-6-10-4-2-8;1-2/h7-8H,1-6H2;2H. The fourth-order valence-corrected chi connectivity index (χ4v) is 0.451. The lowest BCUT2D eigenvalue weighted by molar-refractivity contribution is 0.0222. The maximum Gasteiger partial charge on any atom is 0.0701 e. The predicted octanol–water partition coefficient (Wildman–Crippen LogP) is -0.863. The molecule has 0 aliphatic rings. The molecule has 0 heterocycles. The molecule has 0 unspecified atom stereocenters. The molecule has 0 spiro atoms. The Labute approximate surface area is 76.7 Å². The zero-order valence-corrected chi connectivity index (χ0v) is 7.53. The van der Waals surface area contributed by atoms with Crippen molar-refractivity contribution in [1.82, 2.24) is 0 Å². The van der Waals surface area contributed by atoms with E-state index in [2.05, 4.69) is 11.9 Å². The number of hydrogen-bond donors (Lipinski definition) is 3. The minimum absolute atomic E-state index is 0.0417. The van der Waals surface area contributed by atoms with E-state index in [1.807, 2.05) is 0 Å². The fourth-order valence-electron chi connectivity index (χ4n) is 0.451. The topological polar surface area (TPSA) is 79.2 Å². The molecular weight excluding hydrogens is 188 g/mol. The Morgan fingerprint density at radius 1 is 0.750 bits per heavy atom. The molecule has 0 fully saturated rings. The summed E-state index contributed by atoms with van der Waals surface area (Å²) in [6, 6.07) is 0. The molecule has 0 amide bonds. The highest BCUT2D eigenvalue weighted by Crippen LogP contribution is 1.76. The van der Waals surface area contributed by atoms with E-state index in [-0.39, 0.29) is 13.2 Å². The molecule has 0 aromatic rings. The summed E-state index contributed by atoms with van der Waals surface area (Å²) in [6.45, 7) is 1.73. The van der Waals surface area contributed by atoms with E-state index >= 15 is 0 Å². The van der Waals surface area contributed by atoms with Gasteiger partial charge in [-0.1, -0.05) is 0 Å². The molecule has 0 aliphatic carbocycles. The third-order valence-electron chi connectivity index (χ3n) is 0.843. The van der Waals surface area contributed by atoms with Gasteiger partial charge in [0.25, 0.3) is 0 Å². The maximum atomic E-state index is 8.26. The molecule has 0 saturated heterocycles. The SMILES string of the molecule is OCCOCCOCCO.OCl. The molecule has 5 nitrogen and oxygen atoms in total. The van der Waals surface area contributed by atoms with E-state index in [4.69, 9.17) is 24.3 Å². The molecule has 0 aliphatic heterocycles. The molecule has 12 heavy (non-hydrogen) atoms. The molecular formula is C6H15ClO5. The zero-order chi connectivity index (χ0) is 9.66. The van der Waals surface area contributed by atoms with Gasteiger partial charge in [0.1, 0.15) is 0 Å². The lowest BCUT2D eigenvalue weighted by Gasteiger charge is -2.01. The summed E-state index contributed by atoms with van der Waals surface area (Å²) in [6.07, 6.45) is 0. The summed E-state index contributed by atoms with van der Waals surface area (Å²) in [4.78, 5) is 0. The largest absolute Gasteiger partial charge is 0.394 e. The van der Waals surface area contributed by atoms with Gasteiger partial charge in [0.2, 0.25) is 0 Å². The smallest absolute Gasteiger partial charge is 0.0701 e. The van der Waals surface area contributed by atoms with Gasteiger partial charge in [0.15, 0.2) is 0 Å². The highest BCUT2D eigenvalue weighted by Gasteiger charge is 1.86. The molecule has 76 valence electrons. The lowest BCUT2D eigenvalue weighted by Crippen LogP contribution is -2.09. The van der Waals surface area contributed by atoms with Gasteiger partial charge in [-0.25, -0.2) is 0 Å². The van der Waals surface area contributed by atoms with Gasteiger partial charge in [-0.3, -0.25) is 4.66 Å². The summed E-state index contributed by atoms with van der Waals surface area (Å²) in [7, 11) is 0. The second-order valence-electron chi connectivity index (χ2n) is 1.67. The van der Waals surface area contributed by atoms with E-state index in [0.717, 1.165) is 0 Å². The Bertz CT molecular complexity index is 55.9. The number of halogens is 1. The van der Waals surface area contributed by atoms with Gasteiger partial charge in [-0.15, -0.1) is 0 Å². The zero-order valence-electron chi connectivity index (χ0n) is 6.78. The Balaban J connectivity index is 0. The quantitative estimate of drug-likeness (QED) is 0.468. The third-order valence-corrected chi connectivity index (χ3v) is 0.843. The molecule has 0 bridgehead atoms. The van der Waals surface area contributed by atoms with E-state index in [1.54, 1.807) is 0 Å². The Hall–Kier alpha value is 0.0900. The minimum atomic E-state index is 0.0417. The maximum absolute atomic E-state index is 8.26. The van der Waals surface area contributed by atoms with Crippen molar-refractivity contribution in [2.24, 2.45) is 0 Å². The van der Waals surface area contributed by atoms with Crippen LogP contribution < -0.4 is 0 Å². The Kier molecular flexibility index (Phi) is 21.0. The van der Waals surface area contributed by atoms with Crippen molar-refractivity contribution >= 4 is 11.9 Å². The van der Waals surface area contributed by atoms with Gasteiger partial charge in [-0.2, -0.15) is 0 Å². The van der Waals surface area contributed by atoms with Crippen LogP contribution in [-0.2, 0) is 9.47 Å². The second-order valence-corrected chi connectivity index (χ2v) is 1.67. The molecule has 6 heteroatoms. The van der Waals surface area contributed by atoms with Gasteiger partial charge >= 0.3 is 0 Å². The molecule has 0 atom stereocenters. The highest BCUT2D eigenvalue weighted by atomic mass is 35.5. The monoisotopic (exact) mass is 202 g/mol. The van der Waals surface area contributed by atoms with E-state index in [0.29, 0.717) is 26.4 Å². The van der Waals surface area contributed by atoms with Crippen molar-refractivity contribution in [3.63, 3.8) is 0 Å². The number of aliphatic hydroxyl groups excluding tert-OH is 2. The van der Waals surface area contributed by atoms with Gasteiger partial charge in [-0.05, 0) is 0 Å². The van der Waals surface area contributed by atoms with Crippen molar-refractivity contribution in [3.8, 4) is 0 Å². The van der Waals surface area contributed by atoms with Crippen LogP contribution in [0.5, 0.6) is 0 Å². The van der Waals surface area contributed by atoms with Gasteiger partial charge in [0.05, 0.1) is 51.5 Å². The van der Waals surface area contributed by atoms with Crippen LogP contribution in [0.1, 0.15) is 0 Å². The van der Waals surface area contributed by atoms with Crippen molar-refractivity contribution in [1.29, 1.82) is 0 Å². The minimum Gasteiger partial charge on any atom is -0.394 e. The number of ether oxygens (including phenoxy) is 2. The second kappa shape index (κ2) is 17.3. The van der Waals surface area contributed by atoms with Crippen LogP contribution in [0.3, 0.4) is 0 Å². The summed E-state index contributed by atoms with van der Waals surface area (Å²) < 4.78 is 16.2. The first-order chi connectivity index (χ1) is 5.91. The van der Waals surface area contributed by atoms with Crippen LogP contribution in [0, 0.1) is 0 Å². The first-order valence-corrected chi connectivity index (χ1v) is 3.79. The van der Waals surface area contributed by atoms with E-state index < -0.39 is 0 Å². The molecule has 0 saturated carbocycles. The van der Waals surface area contributed by atoms with E-state index in [1.165, 1.54) is 0 Å². The molecule has 0 aromatic heterocycles. The normalized spacial score (nSPS) is 9.00. The van der Waals surface area contributed by atoms with Crippen molar-refractivity contribution in [2.45, 2.75) is 0 Å². The summed E-state index contributed by atoms with van der Waals surface area (Å²) in [5.74, 6) is 0. The van der Waals surface area contributed by atoms with Crippen LogP contribution in [0.25, 0.3) is 0 Å². The third kappa shape index (κ3) is 16.6. The van der Waals surface area contributed by atoms with Crippen molar-refractivity contribution in [3.05, 3.63) is 0 Å². The molecule has 0 rings (SSSR count). The number of rotatable bonds is 7. The van der Waals surface area contributed by atoms with Crippen LogP contribution >= 0.6 is 11.9 Å². The van der Waals surface area contributed by atoms with Crippen LogP contribution in [0.2, 0.25) is 0 Å². The van der Waals surface area contributed by atoms with Crippen molar-refractivity contribution < 1.29 is 24.3 Å². The molecule has 0 aromatic carbocycles. The van der Waals surface area contributed by atoms with Gasteiger partial charge in [0, 0.05) is 0 Å². The summed E-state index contributed by atoms with van der Waals surface area (Å²) >= 11 is 3.64. The van der Waals surface area contributed by atoms with Crippen LogP contribution in [0.15, 0.2) is 0 Å². The predicted molar refractivity (Wildman–Crippen MR) is 43.9 cm³/mol. The van der Waals surface area contributed by atoms with Crippen LogP contribution in [0.4, 0.5) is 0 Å². The first kappa shape index (κ1) is 14.6. The Morgan fingerprint density at radius 2 is 1.08 bits per heavy atom. The molecule has 3 N–H and O–H groups in total. The Morgan fingerprint density at radius 3 is 1.33 bits per heavy atom. The fraction of sp³-hybridized carbons (Fsp3) is 1.00. The van der Waals surface area contributed by atoms with Gasteiger partial charge < -0.3 is 19.7 Å². The lowest BCUT2D eigenvalue weighted by atomic mass is 10.7. The van der Waals surface area contributed by atoms with Crippen LogP contribution in [-0.4, -0.2) is 54.5 Å². The first-order valence-electron chi connectivity index (χ1n) is 3.46. The summed E-state index contributed by atoms with van der Waals surface area (Å²) in [5, 5.41) is 16.5. The number of aliphatic hydroxyl groups is 2. The van der Waals surface area contributed by atoms with Crippen molar-refractivity contribution in [2.75, 3.05) is 39.6 Å². The highest BCUT2D eigenvalue weighted by molar-refractivity contribution is 6.04. The molecule has 0 radical (unpaired) electrons. The number of hydrogen-bond acceptors (Lipinski definition) is 5. The summed E-state index contributed by atoms with van der Waals surface area (Å²) in [5.41, 5.74) is 0. The average Bonchev–Trinajstić information content (AvgIpc) is 2.15. The average molecular weight is 203 g/mol. The van der Waals surface area contributed by atoms with E-state index in [9.17, 15) is 0 Å².